The molecule has 1 aliphatic heterocycles. The van der Waals surface area contributed by atoms with Gasteiger partial charge >= 0.3 is 0 Å². The Balaban J connectivity index is 1.47. The van der Waals surface area contributed by atoms with Crippen LogP contribution in [0.4, 0.5) is 5.69 Å². The number of aromatic nitrogens is 3. The highest BCUT2D eigenvalue weighted by Gasteiger charge is 2.35. The van der Waals surface area contributed by atoms with Gasteiger partial charge in [-0.3, -0.25) is 14.5 Å². The lowest BCUT2D eigenvalue weighted by Gasteiger charge is -2.36. The summed E-state index contributed by atoms with van der Waals surface area (Å²) < 4.78 is 30.0. The van der Waals surface area contributed by atoms with Crippen molar-refractivity contribution < 1.29 is 13.2 Å². The molecule has 1 aliphatic rings. The van der Waals surface area contributed by atoms with E-state index in [4.69, 9.17) is 0 Å². The largest absolute Gasteiger partial charge is 0.369 e. The van der Waals surface area contributed by atoms with Crippen LogP contribution in [0.1, 0.15) is 34.0 Å². The van der Waals surface area contributed by atoms with Gasteiger partial charge in [0.2, 0.25) is 5.03 Å². The lowest BCUT2D eigenvalue weighted by atomic mass is 10.1. The number of piperazine rings is 1. The van der Waals surface area contributed by atoms with Gasteiger partial charge in [0.25, 0.3) is 15.9 Å². The van der Waals surface area contributed by atoms with E-state index < -0.39 is 15.9 Å². The summed E-state index contributed by atoms with van der Waals surface area (Å²) in [6.45, 7) is 8.66. The number of anilines is 1. The van der Waals surface area contributed by atoms with Gasteiger partial charge in [0.15, 0.2) is 0 Å². The number of amides is 1. The van der Waals surface area contributed by atoms with Crippen molar-refractivity contribution in [2.75, 3.05) is 37.6 Å². The summed E-state index contributed by atoms with van der Waals surface area (Å²) in [5.41, 5.74) is 4.62. The topological polar surface area (TPSA) is 100 Å². The van der Waals surface area contributed by atoms with Gasteiger partial charge in [0.1, 0.15) is 0 Å². The zero-order chi connectivity index (χ0) is 25.0. The zero-order valence-electron chi connectivity index (χ0n) is 20.4. The summed E-state index contributed by atoms with van der Waals surface area (Å²) in [5.74, 6) is -0.443. The molecule has 1 aromatic carbocycles. The van der Waals surface area contributed by atoms with Crippen molar-refractivity contribution in [1.82, 2.24) is 24.4 Å². The molecule has 186 valence electrons. The zero-order valence-corrected chi connectivity index (χ0v) is 21.3. The molecular formula is C25H32N6O3S. The number of carbonyl (C=O) groups is 1. The Morgan fingerprint density at radius 2 is 1.86 bits per heavy atom. The van der Waals surface area contributed by atoms with Crippen molar-refractivity contribution in [1.29, 1.82) is 0 Å². The number of pyridine rings is 1. The van der Waals surface area contributed by atoms with Crippen molar-refractivity contribution in [3.8, 4) is 0 Å². The monoisotopic (exact) mass is 496 g/mol. The van der Waals surface area contributed by atoms with Gasteiger partial charge in [-0.05, 0) is 56.0 Å². The van der Waals surface area contributed by atoms with Gasteiger partial charge in [0.05, 0.1) is 5.56 Å². The predicted molar refractivity (Wildman–Crippen MR) is 135 cm³/mol. The summed E-state index contributed by atoms with van der Waals surface area (Å²) in [7, 11) is -3.92. The first-order chi connectivity index (χ1) is 16.8. The van der Waals surface area contributed by atoms with Crippen molar-refractivity contribution >= 4 is 21.6 Å². The fourth-order valence-corrected chi connectivity index (χ4v) is 5.76. The molecule has 0 aliphatic carbocycles. The highest BCUT2D eigenvalue weighted by atomic mass is 32.2. The number of rotatable bonds is 8. The lowest BCUT2D eigenvalue weighted by molar-refractivity contribution is 0.0950. The fraction of sp³-hybridized carbons (Fsp3) is 0.400. The van der Waals surface area contributed by atoms with Gasteiger partial charge < -0.3 is 10.2 Å². The first-order valence-corrected chi connectivity index (χ1v) is 13.3. The summed E-state index contributed by atoms with van der Waals surface area (Å²) in [6.07, 6.45) is 5.55. The first-order valence-electron chi connectivity index (χ1n) is 11.9. The third-order valence-corrected chi connectivity index (χ3v) is 8.29. The quantitative estimate of drug-likeness (QED) is 0.514. The first kappa shape index (κ1) is 24.9. The van der Waals surface area contributed by atoms with Crippen molar-refractivity contribution in [2.24, 2.45) is 0 Å². The summed E-state index contributed by atoms with van der Waals surface area (Å²) in [6, 6.07) is 9.95. The van der Waals surface area contributed by atoms with Crippen molar-refractivity contribution in [3.63, 3.8) is 0 Å². The number of hydrogen-bond donors (Lipinski definition) is 1. The molecule has 0 radical (unpaired) electrons. The molecule has 0 spiro atoms. The van der Waals surface area contributed by atoms with Gasteiger partial charge in [-0.15, -0.1) is 0 Å². The Labute approximate surface area is 206 Å². The number of carbonyl (C=O) groups excluding carboxylic acids is 1. The molecule has 0 bridgehead atoms. The third-order valence-electron chi connectivity index (χ3n) is 6.46. The fourth-order valence-electron chi connectivity index (χ4n) is 4.24. The van der Waals surface area contributed by atoms with E-state index in [0.29, 0.717) is 45.7 Å². The Kier molecular flexibility index (Phi) is 7.51. The number of aryl methyl sites for hydroxylation is 2. The average Bonchev–Trinajstić information content (AvgIpc) is 3.32. The second-order valence-corrected chi connectivity index (χ2v) is 10.5. The molecule has 0 unspecified atom stereocenters. The molecule has 1 saturated heterocycles. The SMILES string of the molecule is CCn1cc(C(=O)NCCc2cccnc2)c(S(=O)(=O)N2CCN(c3cccc(C)c3C)CC2)n1. The number of hydrogen-bond acceptors (Lipinski definition) is 6. The molecule has 0 saturated carbocycles. The van der Waals surface area contributed by atoms with Crippen LogP contribution in [0.3, 0.4) is 0 Å². The minimum Gasteiger partial charge on any atom is -0.369 e. The highest BCUT2D eigenvalue weighted by Crippen LogP contribution is 2.26. The summed E-state index contributed by atoms with van der Waals surface area (Å²) >= 11 is 0. The van der Waals surface area contributed by atoms with Crippen LogP contribution < -0.4 is 10.2 Å². The van der Waals surface area contributed by atoms with Crippen molar-refractivity contribution in [3.05, 3.63) is 71.2 Å². The van der Waals surface area contributed by atoms with Crippen molar-refractivity contribution in [2.45, 2.75) is 38.8 Å². The van der Waals surface area contributed by atoms with E-state index in [1.54, 1.807) is 12.4 Å². The van der Waals surface area contributed by atoms with E-state index >= 15 is 0 Å². The maximum Gasteiger partial charge on any atom is 0.263 e. The maximum atomic E-state index is 13.5. The molecular weight excluding hydrogens is 464 g/mol. The summed E-state index contributed by atoms with van der Waals surface area (Å²) in [5, 5.41) is 6.92. The lowest BCUT2D eigenvalue weighted by Crippen LogP contribution is -2.49. The van der Waals surface area contributed by atoms with E-state index in [1.807, 2.05) is 25.1 Å². The molecule has 0 atom stereocenters. The Morgan fingerprint density at radius 1 is 1.09 bits per heavy atom. The van der Waals surface area contributed by atoms with E-state index in [-0.39, 0.29) is 10.6 Å². The molecule has 1 amide bonds. The van der Waals surface area contributed by atoms with E-state index in [2.05, 4.69) is 46.3 Å². The van der Waals surface area contributed by atoms with Crippen LogP contribution in [0, 0.1) is 13.8 Å². The number of nitrogens with zero attached hydrogens (tertiary/aromatic N) is 5. The van der Waals surface area contributed by atoms with Crippen LogP contribution in [-0.2, 0) is 23.0 Å². The normalized spacial score (nSPS) is 14.8. The Morgan fingerprint density at radius 3 is 2.54 bits per heavy atom. The minimum atomic E-state index is -3.92. The minimum absolute atomic E-state index is 0.0787. The van der Waals surface area contributed by atoms with Crippen LogP contribution in [0.5, 0.6) is 0 Å². The van der Waals surface area contributed by atoms with E-state index in [9.17, 15) is 13.2 Å². The van der Waals surface area contributed by atoms with Gasteiger partial charge in [0, 0.05) is 63.5 Å². The average molecular weight is 497 g/mol. The van der Waals surface area contributed by atoms with Crippen LogP contribution in [0.15, 0.2) is 53.9 Å². The number of nitrogens with one attached hydrogen (secondary N) is 1. The maximum absolute atomic E-state index is 13.5. The van der Waals surface area contributed by atoms with Crippen LogP contribution >= 0.6 is 0 Å². The molecule has 2 aromatic heterocycles. The van der Waals surface area contributed by atoms with Crippen LogP contribution in [0.2, 0.25) is 0 Å². The smallest absolute Gasteiger partial charge is 0.263 e. The second kappa shape index (κ2) is 10.6. The van der Waals surface area contributed by atoms with Crippen LogP contribution in [0.25, 0.3) is 0 Å². The standard InChI is InChI=1S/C25H32N6O3S/c1-4-30-18-22(24(32)27-12-10-21-8-6-11-26-17-21)25(28-30)35(33,34)31-15-13-29(14-16-31)23-9-5-7-19(2)20(23)3/h5-9,11,17-18H,4,10,12-16H2,1-3H3,(H,27,32). The third kappa shape index (κ3) is 5.38. The van der Waals surface area contributed by atoms with Gasteiger partial charge in [-0.25, -0.2) is 8.42 Å². The molecule has 3 aromatic rings. The molecule has 35 heavy (non-hydrogen) atoms. The molecule has 3 heterocycles. The van der Waals surface area contributed by atoms with E-state index in [1.165, 1.54) is 26.3 Å². The molecule has 9 nitrogen and oxygen atoms in total. The molecule has 10 heteroatoms. The van der Waals surface area contributed by atoms with E-state index in [0.717, 1.165) is 11.3 Å². The Bertz CT molecular complexity index is 1280. The number of sulfonamides is 1. The van der Waals surface area contributed by atoms with Crippen LogP contribution in [-0.4, -0.2) is 66.1 Å². The summed E-state index contributed by atoms with van der Waals surface area (Å²) in [4.78, 5) is 19.2. The molecule has 1 N–H and O–H groups in total. The molecule has 1 fully saturated rings. The predicted octanol–water partition coefficient (Wildman–Crippen LogP) is 2.40. The number of benzene rings is 1. The highest BCUT2D eigenvalue weighted by molar-refractivity contribution is 7.89. The molecule has 4 rings (SSSR count). The van der Waals surface area contributed by atoms with Gasteiger partial charge in [-0.2, -0.15) is 9.40 Å². The second-order valence-electron chi connectivity index (χ2n) is 8.68. The van der Waals surface area contributed by atoms with Gasteiger partial charge in [-0.1, -0.05) is 18.2 Å². The Hall–Kier alpha value is -3.24.